The van der Waals surface area contributed by atoms with Crippen LogP contribution in [0.15, 0.2) is 47.4 Å². The summed E-state index contributed by atoms with van der Waals surface area (Å²) in [6.45, 7) is 4.72. The first-order chi connectivity index (χ1) is 16.8. The van der Waals surface area contributed by atoms with Gasteiger partial charge in [0.1, 0.15) is 5.75 Å². The Kier molecular flexibility index (Phi) is 8.05. The minimum atomic E-state index is -3.54. The van der Waals surface area contributed by atoms with Crippen molar-refractivity contribution in [3.63, 3.8) is 0 Å². The number of amides is 1. The fourth-order valence-electron chi connectivity index (χ4n) is 4.03. The molecule has 2 aromatic carbocycles. The molecule has 0 unspecified atom stereocenters. The second-order valence-electron chi connectivity index (χ2n) is 8.81. The molecule has 1 amide bonds. The quantitative estimate of drug-likeness (QED) is 0.426. The molecule has 8 nitrogen and oxygen atoms in total. The molecule has 0 spiro atoms. The number of carbonyl (C=O) groups is 1. The lowest BCUT2D eigenvalue weighted by Crippen LogP contribution is -2.37. The van der Waals surface area contributed by atoms with Crippen molar-refractivity contribution in [2.45, 2.75) is 31.1 Å². The van der Waals surface area contributed by atoms with E-state index < -0.39 is 10.0 Å². The van der Waals surface area contributed by atoms with E-state index in [1.54, 1.807) is 17.0 Å². The predicted octanol–water partition coefficient (Wildman–Crippen LogP) is 4.08. The Balaban J connectivity index is 1.61. The van der Waals surface area contributed by atoms with E-state index in [4.69, 9.17) is 9.72 Å². The number of hydrogen-bond donors (Lipinski definition) is 0. The van der Waals surface area contributed by atoms with Crippen LogP contribution in [-0.2, 0) is 10.0 Å². The third-order valence-electron chi connectivity index (χ3n) is 5.96. The molecule has 1 aliphatic rings. The van der Waals surface area contributed by atoms with Crippen LogP contribution in [0.5, 0.6) is 5.75 Å². The van der Waals surface area contributed by atoms with Crippen molar-refractivity contribution >= 4 is 42.6 Å². The van der Waals surface area contributed by atoms with Crippen LogP contribution < -0.4 is 9.64 Å². The molecule has 0 saturated carbocycles. The number of sulfonamides is 1. The molecule has 1 aliphatic heterocycles. The molecule has 0 radical (unpaired) electrons. The van der Waals surface area contributed by atoms with Crippen LogP contribution in [0.2, 0.25) is 0 Å². The fraction of sp³-hybridized carbons (Fsp3) is 0.440. The van der Waals surface area contributed by atoms with Gasteiger partial charge in [-0.15, -0.1) is 0 Å². The van der Waals surface area contributed by atoms with Crippen LogP contribution in [0.1, 0.15) is 36.5 Å². The monoisotopic (exact) mass is 516 g/mol. The number of benzene rings is 2. The van der Waals surface area contributed by atoms with E-state index >= 15 is 0 Å². The molecule has 1 fully saturated rings. The average molecular weight is 517 g/mol. The first kappa shape index (κ1) is 25.6. The van der Waals surface area contributed by atoms with Gasteiger partial charge in [0.25, 0.3) is 5.91 Å². The van der Waals surface area contributed by atoms with Crippen LogP contribution in [0, 0.1) is 0 Å². The Bertz CT molecular complexity index is 1270. The van der Waals surface area contributed by atoms with Gasteiger partial charge >= 0.3 is 0 Å². The van der Waals surface area contributed by atoms with Crippen LogP contribution in [0.3, 0.4) is 0 Å². The lowest BCUT2D eigenvalue weighted by Gasteiger charge is -2.26. The van der Waals surface area contributed by atoms with Crippen molar-refractivity contribution in [1.29, 1.82) is 0 Å². The summed E-state index contributed by atoms with van der Waals surface area (Å²) in [7, 11) is 0.363. The molecule has 3 aromatic rings. The van der Waals surface area contributed by atoms with E-state index in [-0.39, 0.29) is 10.8 Å². The summed E-state index contributed by atoms with van der Waals surface area (Å²) in [5.41, 5.74) is 1.23. The summed E-state index contributed by atoms with van der Waals surface area (Å²) >= 11 is 1.44. The third-order valence-corrected chi connectivity index (χ3v) is 8.91. The summed E-state index contributed by atoms with van der Waals surface area (Å²) in [5, 5.41) is 0.602. The Labute approximate surface area is 211 Å². The van der Waals surface area contributed by atoms with Crippen LogP contribution in [-0.4, -0.2) is 75.4 Å². The molecule has 0 bridgehead atoms. The SMILES string of the molecule is CCOc1ccc2nc(N(CCN(C)C)C(=O)c3ccc(S(=O)(=O)N4CCCCC4)cc3)sc2c1. The Morgan fingerprint density at radius 2 is 1.77 bits per heavy atom. The highest BCUT2D eigenvalue weighted by Gasteiger charge is 2.27. The lowest BCUT2D eigenvalue weighted by molar-refractivity contribution is 0.0985. The molecule has 10 heteroatoms. The molecular weight excluding hydrogens is 484 g/mol. The minimum Gasteiger partial charge on any atom is -0.494 e. The number of carbonyl (C=O) groups excluding carboxylic acids is 1. The molecule has 1 saturated heterocycles. The van der Waals surface area contributed by atoms with Gasteiger partial charge in [-0.1, -0.05) is 17.8 Å². The number of hydrogen-bond acceptors (Lipinski definition) is 7. The summed E-state index contributed by atoms with van der Waals surface area (Å²) in [6.07, 6.45) is 2.82. The van der Waals surface area contributed by atoms with E-state index in [0.717, 1.165) is 35.2 Å². The topological polar surface area (TPSA) is 83.0 Å². The summed E-state index contributed by atoms with van der Waals surface area (Å²) < 4.78 is 34.0. The first-order valence-electron chi connectivity index (χ1n) is 11.9. The van der Waals surface area contributed by atoms with E-state index in [2.05, 4.69) is 0 Å². The van der Waals surface area contributed by atoms with Crippen molar-refractivity contribution in [2.24, 2.45) is 0 Å². The van der Waals surface area contributed by atoms with Crippen molar-refractivity contribution in [2.75, 3.05) is 51.8 Å². The zero-order valence-electron chi connectivity index (χ0n) is 20.4. The number of aromatic nitrogens is 1. The maximum Gasteiger partial charge on any atom is 0.260 e. The zero-order valence-corrected chi connectivity index (χ0v) is 22.1. The number of ether oxygens (including phenoxy) is 1. The Morgan fingerprint density at radius 3 is 2.43 bits per heavy atom. The van der Waals surface area contributed by atoms with Crippen molar-refractivity contribution in [3.05, 3.63) is 48.0 Å². The predicted molar refractivity (Wildman–Crippen MR) is 140 cm³/mol. The maximum atomic E-state index is 13.6. The van der Waals surface area contributed by atoms with E-state index in [0.29, 0.717) is 43.5 Å². The van der Waals surface area contributed by atoms with Gasteiger partial charge in [-0.2, -0.15) is 4.31 Å². The highest BCUT2D eigenvalue weighted by molar-refractivity contribution is 7.89. The highest BCUT2D eigenvalue weighted by Crippen LogP contribution is 2.32. The molecular formula is C25H32N4O4S2. The fourth-order valence-corrected chi connectivity index (χ4v) is 6.56. The smallest absolute Gasteiger partial charge is 0.260 e. The van der Waals surface area contributed by atoms with E-state index in [9.17, 15) is 13.2 Å². The molecule has 1 aromatic heterocycles. The second kappa shape index (κ2) is 11.0. The van der Waals surface area contributed by atoms with Gasteiger partial charge in [0.2, 0.25) is 10.0 Å². The van der Waals surface area contributed by atoms with Crippen molar-refractivity contribution in [1.82, 2.24) is 14.2 Å². The van der Waals surface area contributed by atoms with Crippen molar-refractivity contribution < 1.29 is 17.9 Å². The number of likely N-dealkylation sites (N-methyl/N-ethyl adjacent to an activating group) is 1. The molecule has 0 N–H and O–H groups in total. The molecule has 35 heavy (non-hydrogen) atoms. The number of nitrogens with zero attached hydrogens (tertiary/aromatic N) is 4. The van der Waals surface area contributed by atoms with Crippen LogP contribution in [0.4, 0.5) is 5.13 Å². The summed E-state index contributed by atoms with van der Waals surface area (Å²) in [4.78, 5) is 22.2. The van der Waals surface area contributed by atoms with Gasteiger partial charge in [0.15, 0.2) is 5.13 Å². The van der Waals surface area contributed by atoms with Gasteiger partial charge < -0.3 is 9.64 Å². The molecule has 188 valence electrons. The molecule has 4 rings (SSSR count). The molecule has 2 heterocycles. The number of piperidine rings is 1. The number of thiazole rings is 1. The van der Waals surface area contributed by atoms with Crippen LogP contribution in [0.25, 0.3) is 10.2 Å². The van der Waals surface area contributed by atoms with Gasteiger partial charge in [-0.25, -0.2) is 13.4 Å². The maximum absolute atomic E-state index is 13.6. The summed E-state index contributed by atoms with van der Waals surface area (Å²) in [6, 6.07) is 12.0. The minimum absolute atomic E-state index is 0.210. The highest BCUT2D eigenvalue weighted by atomic mass is 32.2. The van der Waals surface area contributed by atoms with Crippen molar-refractivity contribution in [3.8, 4) is 5.75 Å². The number of rotatable bonds is 9. The second-order valence-corrected chi connectivity index (χ2v) is 11.8. The average Bonchev–Trinajstić information content (AvgIpc) is 3.27. The lowest BCUT2D eigenvalue weighted by atomic mass is 10.2. The van der Waals surface area contributed by atoms with E-state index in [1.807, 2.05) is 44.1 Å². The molecule has 0 atom stereocenters. The Morgan fingerprint density at radius 1 is 1.06 bits per heavy atom. The van der Waals surface area contributed by atoms with Gasteiger partial charge in [0, 0.05) is 31.7 Å². The summed E-state index contributed by atoms with van der Waals surface area (Å²) in [5.74, 6) is 0.560. The standard InChI is InChI=1S/C25H32N4O4S2/c1-4-33-20-10-13-22-23(18-20)34-25(26-22)29(17-16-27(2)3)24(30)19-8-11-21(12-9-19)35(31,32)28-14-6-5-7-15-28/h8-13,18H,4-7,14-17H2,1-3H3. The number of anilines is 1. The number of fused-ring (bicyclic) bond motifs is 1. The molecule has 0 aliphatic carbocycles. The zero-order chi connectivity index (χ0) is 25.0. The normalized spacial score (nSPS) is 15.0. The van der Waals surface area contributed by atoms with E-state index in [1.165, 1.54) is 27.8 Å². The largest absolute Gasteiger partial charge is 0.494 e. The first-order valence-corrected chi connectivity index (χ1v) is 14.2. The van der Waals surface area contributed by atoms with Gasteiger partial charge in [-0.3, -0.25) is 9.69 Å². The third kappa shape index (κ3) is 5.83. The van der Waals surface area contributed by atoms with Gasteiger partial charge in [-0.05, 0) is 76.3 Å². The van der Waals surface area contributed by atoms with Gasteiger partial charge in [0.05, 0.1) is 21.7 Å². The van der Waals surface area contributed by atoms with Crippen LogP contribution >= 0.6 is 11.3 Å². The Hall–Kier alpha value is -2.53.